The fraction of sp³-hybridized carbons (Fsp3) is 0.625. The third kappa shape index (κ3) is 3.15. The molecule has 1 fully saturated rings. The molecule has 0 radical (unpaired) electrons. The van der Waals surface area contributed by atoms with Gasteiger partial charge in [-0.3, -0.25) is 4.90 Å². The Morgan fingerprint density at radius 3 is 2.29 bits per heavy atom. The van der Waals surface area contributed by atoms with E-state index in [9.17, 15) is 8.42 Å². The smallest absolute Gasteiger partial charge is 0.156 e. The molecule has 2 unspecified atom stereocenters. The first-order valence-electron chi connectivity index (χ1n) is 7.37. The van der Waals surface area contributed by atoms with Gasteiger partial charge in [-0.05, 0) is 50.9 Å². The van der Waals surface area contributed by atoms with Crippen LogP contribution in [0.4, 0.5) is 0 Å². The summed E-state index contributed by atoms with van der Waals surface area (Å²) in [5, 5.41) is 0. The molecule has 5 heteroatoms. The lowest BCUT2D eigenvalue weighted by molar-refractivity contribution is 0.313. The van der Waals surface area contributed by atoms with Crippen molar-refractivity contribution in [1.29, 1.82) is 0 Å². The van der Waals surface area contributed by atoms with E-state index in [2.05, 4.69) is 24.1 Å². The van der Waals surface area contributed by atoms with E-state index in [1.54, 1.807) is 13.8 Å². The van der Waals surface area contributed by atoms with Gasteiger partial charge in [0, 0.05) is 18.8 Å². The van der Waals surface area contributed by atoms with Crippen molar-refractivity contribution in [3.8, 4) is 0 Å². The van der Waals surface area contributed by atoms with Gasteiger partial charge < -0.3 is 5.73 Å². The van der Waals surface area contributed by atoms with Gasteiger partial charge in [-0.15, -0.1) is 0 Å². The largest absolute Gasteiger partial charge is 0.330 e. The molecular formula is C16H26N2O2S. The summed E-state index contributed by atoms with van der Waals surface area (Å²) in [6, 6.07) is 8.39. The van der Waals surface area contributed by atoms with E-state index in [0.29, 0.717) is 12.0 Å². The van der Waals surface area contributed by atoms with E-state index in [4.69, 9.17) is 5.73 Å². The Kier molecular flexibility index (Phi) is 4.47. The average Bonchev–Trinajstić information content (AvgIpc) is 2.79. The fourth-order valence-electron chi connectivity index (χ4n) is 2.99. The van der Waals surface area contributed by atoms with Crippen LogP contribution in [0.2, 0.25) is 0 Å². The summed E-state index contributed by atoms with van der Waals surface area (Å²) >= 11 is 0. The van der Waals surface area contributed by atoms with Gasteiger partial charge in [-0.1, -0.05) is 24.3 Å². The maximum Gasteiger partial charge on any atom is 0.156 e. The van der Waals surface area contributed by atoms with Gasteiger partial charge in [0.25, 0.3) is 0 Å². The summed E-state index contributed by atoms with van der Waals surface area (Å²) in [6.45, 7) is 5.25. The Morgan fingerprint density at radius 2 is 1.86 bits per heavy atom. The zero-order chi connectivity index (χ0) is 15.8. The van der Waals surface area contributed by atoms with E-state index >= 15 is 0 Å². The Bertz CT molecular complexity index is 593. The van der Waals surface area contributed by atoms with Crippen LogP contribution >= 0.6 is 0 Å². The maximum absolute atomic E-state index is 11.9. The summed E-state index contributed by atoms with van der Waals surface area (Å²) < 4.78 is 23.0. The molecule has 1 heterocycles. The number of hydrogen-bond acceptors (Lipinski definition) is 4. The monoisotopic (exact) mass is 310 g/mol. The molecule has 2 N–H and O–H groups in total. The van der Waals surface area contributed by atoms with Crippen molar-refractivity contribution in [2.45, 2.75) is 31.1 Å². The lowest BCUT2D eigenvalue weighted by Gasteiger charge is -2.25. The molecule has 1 saturated heterocycles. The molecular weight excluding hydrogens is 284 g/mol. The van der Waals surface area contributed by atoms with Crippen LogP contribution in [0.5, 0.6) is 0 Å². The van der Waals surface area contributed by atoms with E-state index in [0.717, 1.165) is 25.1 Å². The highest BCUT2D eigenvalue weighted by Crippen LogP contribution is 2.35. The van der Waals surface area contributed by atoms with Crippen molar-refractivity contribution in [2.75, 3.05) is 26.4 Å². The Balaban J connectivity index is 2.24. The van der Waals surface area contributed by atoms with Crippen molar-refractivity contribution < 1.29 is 8.42 Å². The Morgan fingerprint density at radius 1 is 1.29 bits per heavy atom. The average molecular weight is 310 g/mol. The molecule has 4 nitrogen and oxygen atoms in total. The third-order valence-corrected chi connectivity index (χ3v) is 6.98. The highest BCUT2D eigenvalue weighted by Gasteiger charge is 2.33. The molecule has 118 valence electrons. The van der Waals surface area contributed by atoms with Gasteiger partial charge in [0.05, 0.1) is 4.75 Å². The molecule has 0 aliphatic carbocycles. The second-order valence-corrected chi connectivity index (χ2v) is 9.26. The van der Waals surface area contributed by atoms with Gasteiger partial charge in [0.15, 0.2) is 9.84 Å². The molecule has 0 spiro atoms. The van der Waals surface area contributed by atoms with Crippen molar-refractivity contribution in [1.82, 2.24) is 4.90 Å². The topological polar surface area (TPSA) is 63.4 Å². The normalized spacial score (nSPS) is 24.4. The number of hydrogen-bond donors (Lipinski definition) is 1. The molecule has 2 rings (SSSR count). The zero-order valence-corrected chi connectivity index (χ0v) is 14.2. The van der Waals surface area contributed by atoms with Crippen LogP contribution in [0.15, 0.2) is 24.3 Å². The van der Waals surface area contributed by atoms with Crippen LogP contribution in [0.1, 0.15) is 37.4 Å². The van der Waals surface area contributed by atoms with Gasteiger partial charge in [-0.25, -0.2) is 8.42 Å². The standard InChI is InChI=1S/C16H26N2O2S/c1-16(2,21(4,19)20)14-7-5-13(6-8-14)15-9-12(10-17)11-18(15)3/h5-8,12,15H,9-11,17H2,1-4H3. The molecule has 0 amide bonds. The van der Waals surface area contributed by atoms with Gasteiger partial charge in [-0.2, -0.15) is 0 Å². The molecule has 1 aliphatic heterocycles. The van der Waals surface area contributed by atoms with Gasteiger partial charge >= 0.3 is 0 Å². The van der Waals surface area contributed by atoms with Crippen LogP contribution in [0.25, 0.3) is 0 Å². The molecule has 0 aromatic heterocycles. The number of rotatable bonds is 4. The SMILES string of the molecule is CN1CC(CN)CC1c1ccc(C(C)(C)S(C)(=O)=O)cc1. The maximum atomic E-state index is 11.9. The van der Waals surface area contributed by atoms with E-state index in [1.807, 2.05) is 12.1 Å². The summed E-state index contributed by atoms with van der Waals surface area (Å²) in [6.07, 6.45) is 2.36. The van der Waals surface area contributed by atoms with Crippen molar-refractivity contribution >= 4 is 9.84 Å². The van der Waals surface area contributed by atoms with Crippen LogP contribution in [-0.2, 0) is 14.6 Å². The second kappa shape index (κ2) is 5.71. The van der Waals surface area contributed by atoms with Crippen LogP contribution in [0, 0.1) is 5.92 Å². The highest BCUT2D eigenvalue weighted by molar-refractivity contribution is 7.91. The summed E-state index contributed by atoms with van der Waals surface area (Å²) in [5.41, 5.74) is 7.85. The summed E-state index contributed by atoms with van der Waals surface area (Å²) in [7, 11) is -1.02. The van der Waals surface area contributed by atoms with Crippen LogP contribution < -0.4 is 5.73 Å². The predicted molar refractivity (Wildman–Crippen MR) is 86.8 cm³/mol. The molecule has 0 bridgehead atoms. The number of benzene rings is 1. The van der Waals surface area contributed by atoms with E-state index < -0.39 is 14.6 Å². The summed E-state index contributed by atoms with van der Waals surface area (Å²) in [5.74, 6) is 0.548. The van der Waals surface area contributed by atoms with E-state index in [-0.39, 0.29) is 0 Å². The summed E-state index contributed by atoms with van der Waals surface area (Å²) in [4.78, 5) is 2.33. The second-order valence-electron chi connectivity index (χ2n) is 6.70. The highest BCUT2D eigenvalue weighted by atomic mass is 32.2. The fourth-order valence-corrected chi connectivity index (χ4v) is 3.55. The number of likely N-dealkylation sites (tertiary alicyclic amines) is 1. The quantitative estimate of drug-likeness (QED) is 0.923. The minimum Gasteiger partial charge on any atom is -0.330 e. The first-order chi connectivity index (χ1) is 9.66. The van der Waals surface area contributed by atoms with Gasteiger partial charge in [0.1, 0.15) is 0 Å². The number of sulfone groups is 1. The lowest BCUT2D eigenvalue weighted by atomic mass is 9.96. The molecule has 0 saturated carbocycles. The molecule has 1 aromatic rings. The lowest BCUT2D eigenvalue weighted by Crippen LogP contribution is -2.28. The number of nitrogens with zero attached hydrogens (tertiary/aromatic N) is 1. The first-order valence-corrected chi connectivity index (χ1v) is 9.26. The predicted octanol–water partition coefficient (Wildman–Crippen LogP) is 1.92. The molecule has 1 aromatic carbocycles. The molecule has 21 heavy (non-hydrogen) atoms. The van der Waals surface area contributed by atoms with Gasteiger partial charge in [0.2, 0.25) is 0 Å². The zero-order valence-electron chi connectivity index (χ0n) is 13.3. The number of nitrogens with two attached hydrogens (primary N) is 1. The van der Waals surface area contributed by atoms with E-state index in [1.165, 1.54) is 11.8 Å². The van der Waals surface area contributed by atoms with Crippen molar-refractivity contribution in [2.24, 2.45) is 11.7 Å². The van der Waals surface area contributed by atoms with Crippen LogP contribution in [-0.4, -0.2) is 39.7 Å². The Labute approximate surface area is 128 Å². The first kappa shape index (κ1) is 16.5. The van der Waals surface area contributed by atoms with Crippen molar-refractivity contribution in [3.05, 3.63) is 35.4 Å². The van der Waals surface area contributed by atoms with Crippen molar-refractivity contribution in [3.63, 3.8) is 0 Å². The van der Waals surface area contributed by atoms with Crippen LogP contribution in [0.3, 0.4) is 0 Å². The molecule has 1 aliphatic rings. The third-order valence-electron chi connectivity index (χ3n) is 4.89. The minimum absolute atomic E-state index is 0.383. The molecule has 2 atom stereocenters. The Hall–Kier alpha value is -0.910. The minimum atomic E-state index is -3.14.